The minimum atomic E-state index is -0.619. The summed E-state index contributed by atoms with van der Waals surface area (Å²) in [5.41, 5.74) is 7.65. The maximum atomic E-state index is 9.99. The van der Waals surface area contributed by atoms with Crippen molar-refractivity contribution >= 4 is 17.8 Å². The van der Waals surface area contributed by atoms with Crippen LogP contribution in [0, 0.1) is 6.92 Å². The van der Waals surface area contributed by atoms with Gasteiger partial charge in [0.2, 0.25) is 0 Å². The second kappa shape index (κ2) is 7.61. The lowest BCUT2D eigenvalue weighted by molar-refractivity contribution is 0.178. The van der Waals surface area contributed by atoms with Crippen LogP contribution >= 0.6 is 11.6 Å². The average molecular weight is 280 g/mol. The summed E-state index contributed by atoms with van der Waals surface area (Å²) < 4.78 is 0. The van der Waals surface area contributed by atoms with Gasteiger partial charge in [-0.15, -0.1) is 0 Å². The van der Waals surface area contributed by atoms with Crippen molar-refractivity contribution in [3.8, 4) is 0 Å². The van der Waals surface area contributed by atoms with E-state index in [9.17, 15) is 5.11 Å². The lowest BCUT2D eigenvalue weighted by Crippen LogP contribution is -2.25. The molecule has 0 amide bonds. The molecule has 0 saturated heterocycles. The average Bonchev–Trinajstić information content (AvgIpc) is 2.35. The number of nitrogens with one attached hydrogen (secondary N) is 1. The van der Waals surface area contributed by atoms with E-state index in [1.54, 1.807) is 6.08 Å². The van der Waals surface area contributed by atoms with E-state index in [4.69, 9.17) is 17.3 Å². The fourth-order valence-electron chi connectivity index (χ4n) is 1.47. The number of hydrogen-bond donors (Lipinski definition) is 3. The first-order valence-electron chi connectivity index (χ1n) is 5.82. The number of nitrogens with two attached hydrogens (primary N) is 1. The molecule has 1 unspecified atom stereocenters. The van der Waals surface area contributed by atoms with Crippen molar-refractivity contribution in [2.45, 2.75) is 13.0 Å². The third-order valence-electron chi connectivity index (χ3n) is 2.40. The lowest BCUT2D eigenvalue weighted by Gasteiger charge is -2.13. The fraction of sp³-hybridized carbons (Fsp3) is 0.214. The molecule has 0 fully saturated rings. The highest BCUT2D eigenvalue weighted by atomic mass is 35.5. The largest absolute Gasteiger partial charge is 0.387 e. The minimum Gasteiger partial charge on any atom is -0.387 e. The van der Waals surface area contributed by atoms with Gasteiger partial charge in [-0.25, -0.2) is 4.99 Å². The predicted octanol–water partition coefficient (Wildman–Crippen LogP) is 2.20. The summed E-state index contributed by atoms with van der Waals surface area (Å²) in [5, 5.41) is 13.1. The molecule has 1 aromatic carbocycles. The van der Waals surface area contributed by atoms with E-state index >= 15 is 0 Å². The van der Waals surface area contributed by atoms with Crippen molar-refractivity contribution in [1.82, 2.24) is 5.32 Å². The second-order valence-electron chi connectivity index (χ2n) is 4.09. The molecule has 1 aromatic rings. The molecule has 4 N–H and O–H groups in total. The van der Waals surface area contributed by atoms with Gasteiger partial charge in [-0.1, -0.05) is 48.0 Å². The molecule has 1 atom stereocenters. The number of halogens is 1. The quantitative estimate of drug-likeness (QED) is 0.552. The highest BCUT2D eigenvalue weighted by Crippen LogP contribution is 2.13. The van der Waals surface area contributed by atoms with Crippen LogP contribution in [0.3, 0.4) is 0 Å². The van der Waals surface area contributed by atoms with Crippen molar-refractivity contribution in [2.75, 3.05) is 6.54 Å². The van der Waals surface area contributed by atoms with Gasteiger partial charge in [-0.2, -0.15) is 0 Å². The third-order valence-corrected chi connectivity index (χ3v) is 2.49. The van der Waals surface area contributed by atoms with Crippen LogP contribution in [0.4, 0.5) is 0 Å². The van der Waals surface area contributed by atoms with Crippen molar-refractivity contribution in [3.05, 3.63) is 59.0 Å². The molecule has 0 aromatic heterocycles. The molecule has 0 spiro atoms. The molecule has 0 aliphatic rings. The topological polar surface area (TPSA) is 70.6 Å². The molecule has 0 aliphatic heterocycles. The number of aliphatic imine (C=N–C) groups is 1. The summed E-state index contributed by atoms with van der Waals surface area (Å²) >= 11 is 5.46. The summed E-state index contributed by atoms with van der Waals surface area (Å²) in [6.07, 6.45) is 2.37. The van der Waals surface area contributed by atoms with Gasteiger partial charge < -0.3 is 16.2 Å². The molecule has 1 rings (SSSR count). The Bertz CT molecular complexity index is 497. The number of benzene rings is 1. The monoisotopic (exact) mass is 279 g/mol. The normalized spacial score (nSPS) is 13.5. The van der Waals surface area contributed by atoms with Crippen LogP contribution in [0.2, 0.25) is 0 Å². The van der Waals surface area contributed by atoms with Crippen molar-refractivity contribution < 1.29 is 5.11 Å². The van der Waals surface area contributed by atoms with Gasteiger partial charge in [0.25, 0.3) is 0 Å². The summed E-state index contributed by atoms with van der Waals surface area (Å²) in [5.74, 6) is 0.397. The van der Waals surface area contributed by atoms with Crippen LogP contribution in [-0.4, -0.2) is 17.9 Å². The van der Waals surface area contributed by atoms with E-state index in [-0.39, 0.29) is 5.16 Å². The number of rotatable bonds is 6. The van der Waals surface area contributed by atoms with Crippen LogP contribution in [-0.2, 0) is 0 Å². The second-order valence-corrected chi connectivity index (χ2v) is 4.52. The summed E-state index contributed by atoms with van der Waals surface area (Å²) in [4.78, 5) is 3.75. The molecule has 102 valence electrons. The number of nitrogens with zero attached hydrogens (tertiary/aromatic N) is 1. The zero-order valence-electron chi connectivity index (χ0n) is 10.8. The van der Waals surface area contributed by atoms with Gasteiger partial charge in [-0.05, 0) is 18.6 Å². The fourth-order valence-corrected chi connectivity index (χ4v) is 1.52. The lowest BCUT2D eigenvalue weighted by atomic mass is 10.1. The molecule has 0 saturated carbocycles. The Hall–Kier alpha value is -1.78. The smallest absolute Gasteiger partial charge is 0.121 e. The molecule has 0 bridgehead atoms. The molecule has 19 heavy (non-hydrogen) atoms. The first-order valence-corrected chi connectivity index (χ1v) is 6.19. The highest BCUT2D eigenvalue weighted by molar-refractivity contribution is 6.29. The van der Waals surface area contributed by atoms with E-state index in [2.05, 4.69) is 16.9 Å². The Morgan fingerprint density at radius 3 is 3.00 bits per heavy atom. The molecular formula is C14H18ClN3O. The van der Waals surface area contributed by atoms with Crippen LogP contribution in [0.5, 0.6) is 0 Å². The van der Waals surface area contributed by atoms with Crippen LogP contribution in [0.15, 0.2) is 52.9 Å². The summed E-state index contributed by atoms with van der Waals surface area (Å²) in [6, 6.07) is 7.70. The van der Waals surface area contributed by atoms with E-state index in [1.807, 2.05) is 31.2 Å². The third kappa shape index (κ3) is 6.08. The molecule has 0 aliphatic carbocycles. The maximum Gasteiger partial charge on any atom is 0.121 e. The number of allylic oxidation sites excluding steroid dienone is 1. The Kier molecular flexibility index (Phi) is 6.12. The SMILES string of the molecule is C=C(Cl)/N=C\C=C(/N)NCC(O)c1cccc(C)c1. The Morgan fingerprint density at radius 2 is 2.37 bits per heavy atom. The first kappa shape index (κ1) is 15.3. The first-order chi connectivity index (χ1) is 8.99. The van der Waals surface area contributed by atoms with Gasteiger partial charge in [0, 0.05) is 12.8 Å². The number of aliphatic hydroxyl groups is 1. The van der Waals surface area contributed by atoms with E-state index in [0.29, 0.717) is 12.4 Å². The van der Waals surface area contributed by atoms with Crippen molar-refractivity contribution in [1.29, 1.82) is 0 Å². The van der Waals surface area contributed by atoms with Crippen molar-refractivity contribution in [2.24, 2.45) is 10.7 Å². The number of aliphatic hydroxyl groups excluding tert-OH is 1. The highest BCUT2D eigenvalue weighted by Gasteiger charge is 2.06. The summed E-state index contributed by atoms with van der Waals surface area (Å²) in [6.45, 7) is 5.71. The van der Waals surface area contributed by atoms with Crippen LogP contribution in [0.25, 0.3) is 0 Å². The Labute approximate surface area is 118 Å². The van der Waals surface area contributed by atoms with Crippen LogP contribution < -0.4 is 11.1 Å². The summed E-state index contributed by atoms with van der Waals surface area (Å²) in [7, 11) is 0. The molecule has 0 heterocycles. The number of aryl methyl sites for hydroxylation is 1. The Morgan fingerprint density at radius 1 is 1.63 bits per heavy atom. The molecule has 0 radical (unpaired) electrons. The van der Waals surface area contributed by atoms with Gasteiger partial charge in [-0.3, -0.25) is 0 Å². The van der Waals surface area contributed by atoms with Gasteiger partial charge in [0.1, 0.15) is 5.16 Å². The van der Waals surface area contributed by atoms with Gasteiger partial charge in [0.15, 0.2) is 0 Å². The van der Waals surface area contributed by atoms with Gasteiger partial charge in [0.05, 0.1) is 11.9 Å². The van der Waals surface area contributed by atoms with Gasteiger partial charge >= 0.3 is 0 Å². The van der Waals surface area contributed by atoms with E-state index < -0.39 is 6.10 Å². The zero-order chi connectivity index (χ0) is 14.3. The Balaban J connectivity index is 2.50. The predicted molar refractivity (Wildman–Crippen MR) is 79.9 cm³/mol. The van der Waals surface area contributed by atoms with E-state index in [1.165, 1.54) is 6.21 Å². The maximum absolute atomic E-state index is 9.99. The van der Waals surface area contributed by atoms with Crippen LogP contribution in [0.1, 0.15) is 17.2 Å². The molecular weight excluding hydrogens is 262 g/mol. The molecule has 4 nitrogen and oxygen atoms in total. The standard InChI is InChI=1S/C14H18ClN3O/c1-10-4-3-5-12(8-10)13(19)9-18-14(16)6-7-17-11(2)15/h3-8,13,18-19H,2,9,16H2,1H3/b14-6+,17-7-. The van der Waals surface area contributed by atoms with E-state index in [0.717, 1.165) is 11.1 Å². The zero-order valence-corrected chi connectivity index (χ0v) is 11.6. The molecule has 5 heteroatoms. The minimum absolute atomic E-state index is 0.184. The number of hydrogen-bond acceptors (Lipinski definition) is 4. The van der Waals surface area contributed by atoms with Crippen molar-refractivity contribution in [3.63, 3.8) is 0 Å².